The first kappa shape index (κ1) is 19.7. The van der Waals surface area contributed by atoms with Crippen molar-refractivity contribution in [3.8, 4) is 11.1 Å². The molecule has 4 aromatic rings. The molecule has 0 saturated carbocycles. The number of hydrogen-bond acceptors (Lipinski definition) is 2. The molecule has 1 aliphatic heterocycles. The van der Waals surface area contributed by atoms with Crippen molar-refractivity contribution in [3.63, 3.8) is 0 Å². The lowest BCUT2D eigenvalue weighted by atomic mass is 9.55. The number of carbonyl (C=O) groups is 2. The summed E-state index contributed by atoms with van der Waals surface area (Å²) in [5, 5.41) is 0.688. The monoisotopic (exact) mass is 461 g/mol. The Morgan fingerprint density at radius 3 is 1.32 bits per heavy atom. The van der Waals surface area contributed by atoms with Crippen molar-refractivity contribution in [1.82, 2.24) is 0 Å². The van der Waals surface area contributed by atoms with Crippen LogP contribution >= 0.6 is 11.6 Å². The zero-order chi connectivity index (χ0) is 23.0. The van der Waals surface area contributed by atoms with E-state index in [0.717, 1.165) is 11.1 Å². The molecule has 8 rings (SSSR count). The fourth-order valence-corrected chi connectivity index (χ4v) is 6.50. The molecule has 3 aliphatic carbocycles. The Morgan fingerprint density at radius 2 is 0.912 bits per heavy atom. The maximum absolute atomic E-state index is 13.8. The lowest BCUT2D eigenvalue weighted by Crippen LogP contribution is -2.41. The second kappa shape index (κ2) is 7.15. The molecule has 3 nitrogen and oxygen atoms in total. The van der Waals surface area contributed by atoms with Crippen molar-refractivity contribution in [2.75, 3.05) is 4.90 Å². The summed E-state index contributed by atoms with van der Waals surface area (Å²) in [5.74, 6) is -1.08. The second-order valence-corrected chi connectivity index (χ2v) is 9.77. The van der Waals surface area contributed by atoms with Crippen LogP contribution in [0.2, 0.25) is 5.02 Å². The minimum absolute atomic E-state index is 0.0859. The second-order valence-electron chi connectivity index (χ2n) is 9.33. The summed E-state index contributed by atoms with van der Waals surface area (Å²) in [4.78, 5) is 29.1. The number of imide groups is 1. The summed E-state index contributed by atoms with van der Waals surface area (Å²) in [6.45, 7) is 0. The summed E-state index contributed by atoms with van der Waals surface area (Å²) in [5.41, 5.74) is 7.43. The number of rotatable bonds is 2. The van der Waals surface area contributed by atoms with E-state index in [1.165, 1.54) is 27.2 Å². The molecule has 1 fully saturated rings. The van der Waals surface area contributed by atoms with E-state index in [-0.39, 0.29) is 35.5 Å². The third kappa shape index (κ3) is 2.59. The Bertz CT molecular complexity index is 1360. The van der Waals surface area contributed by atoms with Crippen LogP contribution in [0.5, 0.6) is 0 Å². The highest BCUT2D eigenvalue weighted by Gasteiger charge is 2.61. The highest BCUT2D eigenvalue weighted by atomic mass is 35.5. The van der Waals surface area contributed by atoms with Gasteiger partial charge in [0.25, 0.3) is 0 Å². The predicted octanol–water partition coefficient (Wildman–Crippen LogP) is 6.40. The lowest BCUT2D eigenvalue weighted by molar-refractivity contribution is -0.122. The third-order valence-electron chi connectivity index (χ3n) is 7.75. The molecule has 1 saturated heterocycles. The smallest absolute Gasteiger partial charge is 0.238 e. The van der Waals surface area contributed by atoms with Crippen molar-refractivity contribution < 1.29 is 9.59 Å². The molecule has 2 bridgehead atoms. The van der Waals surface area contributed by atoms with Crippen LogP contribution < -0.4 is 4.90 Å². The number of hydrogen-bond donors (Lipinski definition) is 0. The zero-order valence-electron chi connectivity index (χ0n) is 18.2. The van der Waals surface area contributed by atoms with Gasteiger partial charge < -0.3 is 0 Å². The molecule has 0 N–H and O–H groups in total. The van der Waals surface area contributed by atoms with Crippen molar-refractivity contribution in [3.05, 3.63) is 124 Å². The minimum atomic E-state index is -0.363. The van der Waals surface area contributed by atoms with E-state index < -0.39 is 0 Å². The molecule has 0 spiro atoms. The van der Waals surface area contributed by atoms with Gasteiger partial charge in [-0.3, -0.25) is 9.59 Å². The van der Waals surface area contributed by atoms with Crippen molar-refractivity contribution in [2.45, 2.75) is 11.8 Å². The van der Waals surface area contributed by atoms with Crippen LogP contribution in [0.25, 0.3) is 11.1 Å². The van der Waals surface area contributed by atoms with Gasteiger partial charge in [0.1, 0.15) is 0 Å². The van der Waals surface area contributed by atoms with Crippen LogP contribution in [0.3, 0.4) is 0 Å². The van der Waals surface area contributed by atoms with E-state index in [9.17, 15) is 9.59 Å². The Kier molecular flexibility index (Phi) is 4.15. The standard InChI is InChI=1S/C30H20ClNO2/c31-19-13-9-17(10-14-19)18-11-15-20(16-12-18)32-29(33)27-25-21-5-1-2-6-22(21)26(28(27)30(32)34)24-8-4-3-7-23(24)25/h1-16,25-28H/t25?,26?,27-,28-/m0/s1. The predicted molar refractivity (Wildman–Crippen MR) is 133 cm³/mol. The number of anilines is 1. The van der Waals surface area contributed by atoms with Crippen LogP contribution in [-0.2, 0) is 9.59 Å². The Balaban J connectivity index is 1.31. The van der Waals surface area contributed by atoms with E-state index in [1.807, 2.05) is 72.8 Å². The lowest BCUT2D eigenvalue weighted by Gasteiger charge is -2.45. The van der Waals surface area contributed by atoms with Gasteiger partial charge >= 0.3 is 0 Å². The topological polar surface area (TPSA) is 37.4 Å². The van der Waals surface area contributed by atoms with Crippen molar-refractivity contribution in [2.24, 2.45) is 11.8 Å². The van der Waals surface area contributed by atoms with Gasteiger partial charge in [-0.2, -0.15) is 0 Å². The molecule has 2 amide bonds. The minimum Gasteiger partial charge on any atom is -0.274 e. The van der Waals surface area contributed by atoms with Gasteiger partial charge in [0.05, 0.1) is 17.5 Å². The summed E-state index contributed by atoms with van der Waals surface area (Å²) < 4.78 is 0. The SMILES string of the molecule is O=C1[C@H]2C3c4ccccc4C(c4ccccc43)[C@@H]2C(=O)N1c1ccc(-c2ccc(Cl)cc2)cc1. The molecule has 0 aromatic heterocycles. The number of halogens is 1. The first-order chi connectivity index (χ1) is 16.6. The van der Waals surface area contributed by atoms with E-state index >= 15 is 0 Å². The molecule has 4 heteroatoms. The van der Waals surface area contributed by atoms with E-state index in [0.29, 0.717) is 10.7 Å². The van der Waals surface area contributed by atoms with Gasteiger partial charge in [-0.25, -0.2) is 4.90 Å². The van der Waals surface area contributed by atoms with Gasteiger partial charge in [-0.1, -0.05) is 84.4 Å². The molecule has 0 unspecified atom stereocenters. The van der Waals surface area contributed by atoms with Crippen molar-refractivity contribution >= 4 is 29.1 Å². The average Bonchev–Trinajstić information content (AvgIpc) is 3.15. The fourth-order valence-electron chi connectivity index (χ4n) is 6.38. The number of benzene rings is 4. The molecular formula is C30H20ClNO2. The average molecular weight is 462 g/mol. The molecule has 164 valence electrons. The highest BCUT2D eigenvalue weighted by molar-refractivity contribution is 6.30. The van der Waals surface area contributed by atoms with Gasteiger partial charge in [-0.05, 0) is 57.6 Å². The summed E-state index contributed by atoms with van der Waals surface area (Å²) >= 11 is 6.02. The van der Waals surface area contributed by atoms with Gasteiger partial charge in [0.15, 0.2) is 0 Å². The molecule has 4 aliphatic rings. The van der Waals surface area contributed by atoms with Crippen LogP contribution in [0.1, 0.15) is 34.1 Å². The molecular weight excluding hydrogens is 442 g/mol. The molecule has 34 heavy (non-hydrogen) atoms. The van der Waals surface area contributed by atoms with Crippen LogP contribution in [0, 0.1) is 11.8 Å². The van der Waals surface area contributed by atoms with Crippen LogP contribution in [0.15, 0.2) is 97.1 Å². The molecule has 0 radical (unpaired) electrons. The fraction of sp³-hybridized carbons (Fsp3) is 0.133. The van der Waals surface area contributed by atoms with Gasteiger partial charge in [-0.15, -0.1) is 0 Å². The zero-order valence-corrected chi connectivity index (χ0v) is 18.9. The Hall–Kier alpha value is -3.69. The van der Waals surface area contributed by atoms with Gasteiger partial charge in [0.2, 0.25) is 11.8 Å². The highest BCUT2D eigenvalue weighted by Crippen LogP contribution is 2.61. The molecule has 2 atom stereocenters. The third-order valence-corrected chi connectivity index (χ3v) is 8.00. The molecule has 1 heterocycles. The molecule has 4 aromatic carbocycles. The quantitative estimate of drug-likeness (QED) is 0.324. The van der Waals surface area contributed by atoms with E-state index in [1.54, 1.807) is 0 Å². The first-order valence-corrected chi connectivity index (χ1v) is 11.9. The van der Waals surface area contributed by atoms with E-state index in [2.05, 4.69) is 24.3 Å². The van der Waals surface area contributed by atoms with Crippen LogP contribution in [0.4, 0.5) is 5.69 Å². The summed E-state index contributed by atoms with van der Waals surface area (Å²) in [6, 6.07) is 31.9. The number of carbonyl (C=O) groups excluding carboxylic acids is 2. The van der Waals surface area contributed by atoms with Gasteiger partial charge in [0, 0.05) is 16.9 Å². The van der Waals surface area contributed by atoms with Crippen LogP contribution in [-0.4, -0.2) is 11.8 Å². The Morgan fingerprint density at radius 1 is 0.529 bits per heavy atom. The summed E-state index contributed by atoms with van der Waals surface area (Å²) in [7, 11) is 0. The number of amides is 2. The first-order valence-electron chi connectivity index (χ1n) is 11.5. The normalized spacial score (nSPS) is 24.1. The number of nitrogens with zero attached hydrogens (tertiary/aromatic N) is 1. The Labute approximate surface area is 202 Å². The summed E-state index contributed by atoms with van der Waals surface area (Å²) in [6.07, 6.45) is 0. The van der Waals surface area contributed by atoms with Crippen molar-refractivity contribution in [1.29, 1.82) is 0 Å². The maximum atomic E-state index is 13.8. The maximum Gasteiger partial charge on any atom is 0.238 e. The van der Waals surface area contributed by atoms with E-state index in [4.69, 9.17) is 11.6 Å². The largest absolute Gasteiger partial charge is 0.274 e.